The third-order valence-electron chi connectivity index (χ3n) is 11.2. The minimum Gasteiger partial charge on any atom is -0.469 e. The third kappa shape index (κ3) is 1.77. The van der Waals surface area contributed by atoms with Gasteiger partial charge in [0.25, 0.3) is 0 Å². The highest BCUT2D eigenvalue weighted by molar-refractivity contribution is 5.89. The molecule has 7 rings (SSSR count). The first-order valence-corrected chi connectivity index (χ1v) is 11.9. The number of epoxide rings is 2. The number of carbonyl (C=O) groups is 3. The number of ketones is 1. The largest absolute Gasteiger partial charge is 0.469 e. The quantitative estimate of drug-likeness (QED) is 0.465. The first-order valence-electron chi connectivity index (χ1n) is 11.9. The van der Waals surface area contributed by atoms with Crippen LogP contribution < -0.4 is 0 Å². The van der Waals surface area contributed by atoms with Crippen LogP contribution in [0.15, 0.2) is 0 Å². The van der Waals surface area contributed by atoms with Gasteiger partial charge in [-0.15, -0.1) is 0 Å². The monoisotopic (exact) mass is 430 g/mol. The van der Waals surface area contributed by atoms with Crippen molar-refractivity contribution in [3.8, 4) is 0 Å². The van der Waals surface area contributed by atoms with Crippen molar-refractivity contribution in [3.05, 3.63) is 0 Å². The first kappa shape index (κ1) is 19.0. The van der Waals surface area contributed by atoms with Crippen LogP contribution in [0.2, 0.25) is 0 Å². The Morgan fingerprint density at radius 2 is 1.87 bits per heavy atom. The van der Waals surface area contributed by atoms with Gasteiger partial charge in [0.1, 0.15) is 22.9 Å². The van der Waals surface area contributed by atoms with Gasteiger partial charge in [-0.3, -0.25) is 14.4 Å². The molecule has 0 aromatic carbocycles. The molecule has 0 aromatic heterocycles. The predicted octanol–water partition coefficient (Wildman–Crippen LogP) is 2.34. The van der Waals surface area contributed by atoms with Crippen LogP contribution in [0.25, 0.3) is 0 Å². The third-order valence-corrected chi connectivity index (χ3v) is 11.2. The van der Waals surface area contributed by atoms with Gasteiger partial charge in [-0.05, 0) is 44.4 Å². The summed E-state index contributed by atoms with van der Waals surface area (Å²) in [6, 6.07) is 0. The van der Waals surface area contributed by atoms with E-state index in [1.165, 1.54) is 7.11 Å². The summed E-state index contributed by atoms with van der Waals surface area (Å²) in [5, 5.41) is 0. The number of carbonyl (C=O) groups excluding carboxylic acids is 3. The van der Waals surface area contributed by atoms with Crippen molar-refractivity contribution >= 4 is 17.7 Å². The van der Waals surface area contributed by atoms with E-state index in [1.54, 1.807) is 0 Å². The van der Waals surface area contributed by atoms with Crippen LogP contribution in [0.4, 0.5) is 0 Å². The second-order valence-corrected chi connectivity index (χ2v) is 11.7. The molecule has 7 nitrogen and oxygen atoms in total. The number of Topliss-reactive ketones (excluding diaryl/α,β-unsaturated/α-hetero) is 1. The van der Waals surface area contributed by atoms with Gasteiger partial charge in [0.15, 0.2) is 5.78 Å². The summed E-state index contributed by atoms with van der Waals surface area (Å²) >= 11 is 0. The second-order valence-electron chi connectivity index (χ2n) is 11.7. The Morgan fingerprint density at radius 3 is 2.58 bits per heavy atom. The average Bonchev–Trinajstić information content (AvgIpc) is 3.59. The second kappa shape index (κ2) is 5.19. The molecule has 168 valence electrons. The van der Waals surface area contributed by atoms with Gasteiger partial charge in [-0.25, -0.2) is 0 Å². The Morgan fingerprint density at radius 1 is 1.06 bits per heavy atom. The molecule has 0 radical (unpaired) electrons. The Hall–Kier alpha value is -1.47. The van der Waals surface area contributed by atoms with Crippen molar-refractivity contribution in [2.45, 2.75) is 94.2 Å². The molecule has 7 fully saturated rings. The van der Waals surface area contributed by atoms with E-state index in [0.717, 1.165) is 32.1 Å². The molecule has 7 heteroatoms. The number of esters is 2. The molecule has 3 unspecified atom stereocenters. The van der Waals surface area contributed by atoms with E-state index in [9.17, 15) is 14.4 Å². The van der Waals surface area contributed by atoms with Crippen LogP contribution in [0.1, 0.15) is 65.2 Å². The van der Waals surface area contributed by atoms with Crippen molar-refractivity contribution in [2.75, 3.05) is 7.11 Å². The van der Waals surface area contributed by atoms with Gasteiger partial charge < -0.3 is 18.9 Å². The first-order chi connectivity index (χ1) is 14.7. The molecule has 3 saturated heterocycles. The van der Waals surface area contributed by atoms with Crippen molar-refractivity contribution < 1.29 is 33.3 Å². The summed E-state index contributed by atoms with van der Waals surface area (Å²) in [6.45, 7) is 4.50. The van der Waals surface area contributed by atoms with Gasteiger partial charge in [0, 0.05) is 29.6 Å². The molecule has 4 aliphatic carbocycles. The van der Waals surface area contributed by atoms with Crippen LogP contribution >= 0.6 is 0 Å². The minimum absolute atomic E-state index is 0.000380. The fraction of sp³-hybridized carbons (Fsp3) is 0.875. The molecule has 7 aliphatic rings. The lowest BCUT2D eigenvalue weighted by atomic mass is 9.41. The van der Waals surface area contributed by atoms with E-state index in [0.29, 0.717) is 19.3 Å². The molecule has 4 saturated carbocycles. The van der Waals surface area contributed by atoms with E-state index in [2.05, 4.69) is 13.8 Å². The van der Waals surface area contributed by atoms with Crippen LogP contribution in [-0.4, -0.2) is 53.8 Å². The summed E-state index contributed by atoms with van der Waals surface area (Å²) in [6.07, 6.45) is 5.22. The SMILES string of the molecule is COC(=O)[C@@H]1C[C@@]23O[C@@H]2C(=O)CC[C@]3(C)[C@@]23O[C@@H]2C[C@@]2(C)C(CCC24CCC(=O)O4)C13. The molecule has 3 heterocycles. The lowest BCUT2D eigenvalue weighted by molar-refractivity contribution is -0.184. The van der Waals surface area contributed by atoms with Gasteiger partial charge in [0.2, 0.25) is 0 Å². The molecule has 10 atom stereocenters. The van der Waals surface area contributed by atoms with Crippen LogP contribution in [0.5, 0.6) is 0 Å². The predicted molar refractivity (Wildman–Crippen MR) is 105 cm³/mol. The number of methoxy groups -OCH3 is 1. The Labute approximate surface area is 181 Å². The fourth-order valence-electron chi connectivity index (χ4n) is 9.63. The number of rotatable bonds is 1. The zero-order valence-electron chi connectivity index (χ0n) is 18.4. The highest BCUT2D eigenvalue weighted by atomic mass is 16.6. The zero-order valence-corrected chi connectivity index (χ0v) is 18.4. The van der Waals surface area contributed by atoms with Crippen molar-refractivity contribution in [1.29, 1.82) is 0 Å². The van der Waals surface area contributed by atoms with E-state index in [4.69, 9.17) is 18.9 Å². The van der Waals surface area contributed by atoms with Gasteiger partial charge >= 0.3 is 11.9 Å². The molecule has 31 heavy (non-hydrogen) atoms. The van der Waals surface area contributed by atoms with Crippen LogP contribution in [0.3, 0.4) is 0 Å². The molecule has 3 aliphatic heterocycles. The molecular formula is C24H30O7. The van der Waals surface area contributed by atoms with Gasteiger partial charge in [-0.2, -0.15) is 0 Å². The Kier molecular flexibility index (Phi) is 3.19. The molecule has 3 spiro atoms. The minimum atomic E-state index is -0.601. The zero-order chi connectivity index (χ0) is 21.6. The van der Waals surface area contributed by atoms with Crippen LogP contribution in [0, 0.1) is 28.6 Å². The maximum Gasteiger partial charge on any atom is 0.309 e. The maximum absolute atomic E-state index is 13.2. The normalized spacial score (nSPS) is 60.3. The standard InChI is InChI=1S/C24H30O7/c1-20-11-15-24(29-15)17(13(20)4-8-22(20)9-6-16(26)30-22)12(19(27)28-3)10-23-18(31-23)14(25)5-7-21(23,24)2/h12-13,15,17-18H,4-11H2,1-3H3/t12-,13?,15-,17?,18-,20+,21+,22?,23-,24-/m1/s1. The number of hydrogen-bond donors (Lipinski definition) is 0. The summed E-state index contributed by atoms with van der Waals surface area (Å²) < 4.78 is 24.2. The summed E-state index contributed by atoms with van der Waals surface area (Å²) in [5.41, 5.74) is -2.00. The summed E-state index contributed by atoms with van der Waals surface area (Å²) in [4.78, 5) is 37.9. The molecule has 0 bridgehead atoms. The lowest BCUT2D eigenvalue weighted by Crippen LogP contribution is -2.68. The van der Waals surface area contributed by atoms with Gasteiger partial charge in [0.05, 0.1) is 19.1 Å². The highest BCUT2D eigenvalue weighted by Gasteiger charge is 2.91. The van der Waals surface area contributed by atoms with E-state index >= 15 is 0 Å². The smallest absolute Gasteiger partial charge is 0.309 e. The maximum atomic E-state index is 13.2. The summed E-state index contributed by atoms with van der Waals surface area (Å²) in [5.74, 6) is -0.325. The topological polar surface area (TPSA) is 94.7 Å². The van der Waals surface area contributed by atoms with E-state index in [1.807, 2.05) is 0 Å². The van der Waals surface area contributed by atoms with E-state index in [-0.39, 0.29) is 52.4 Å². The van der Waals surface area contributed by atoms with Gasteiger partial charge in [-0.1, -0.05) is 13.8 Å². The molecular weight excluding hydrogens is 400 g/mol. The Bertz CT molecular complexity index is 946. The molecule has 0 amide bonds. The number of hydrogen-bond acceptors (Lipinski definition) is 7. The van der Waals surface area contributed by atoms with Crippen molar-refractivity contribution in [1.82, 2.24) is 0 Å². The summed E-state index contributed by atoms with van der Waals surface area (Å²) in [7, 11) is 1.44. The number of fused-ring (bicyclic) bond motifs is 3. The number of ether oxygens (including phenoxy) is 4. The Balaban J connectivity index is 1.37. The van der Waals surface area contributed by atoms with Crippen molar-refractivity contribution in [2.24, 2.45) is 28.6 Å². The fourth-order valence-corrected chi connectivity index (χ4v) is 9.63. The molecule has 0 N–H and O–H groups in total. The van der Waals surface area contributed by atoms with Crippen LogP contribution in [-0.2, 0) is 33.3 Å². The lowest BCUT2D eigenvalue weighted by Gasteiger charge is -2.59. The molecule has 0 aromatic rings. The van der Waals surface area contributed by atoms with Crippen molar-refractivity contribution in [3.63, 3.8) is 0 Å². The average molecular weight is 430 g/mol. The highest BCUT2D eigenvalue weighted by Crippen LogP contribution is 2.82. The van der Waals surface area contributed by atoms with E-state index < -0.39 is 22.9 Å².